The molecule has 0 aliphatic rings. The second-order valence-electron chi connectivity index (χ2n) is 14.7. The minimum absolute atomic E-state index is 0.0137. The van der Waals surface area contributed by atoms with E-state index in [-0.39, 0.29) is 31.4 Å². The molecule has 2 aromatic carbocycles. The van der Waals surface area contributed by atoms with Crippen LogP contribution >= 0.6 is 0 Å². The van der Waals surface area contributed by atoms with Gasteiger partial charge in [0, 0.05) is 33.5 Å². The molecule has 2 rings (SSSR count). The Morgan fingerprint density at radius 1 is 0.804 bits per heavy atom. The van der Waals surface area contributed by atoms with E-state index in [2.05, 4.69) is 16.0 Å². The van der Waals surface area contributed by atoms with E-state index in [9.17, 15) is 24.0 Å². The molecule has 12 heteroatoms. The maximum Gasteiger partial charge on any atom is 0.410 e. The second kappa shape index (κ2) is 20.3. The number of ether oxygens (including phenoxy) is 3. The van der Waals surface area contributed by atoms with Gasteiger partial charge in [0.15, 0.2) is 0 Å². The van der Waals surface area contributed by atoms with Crippen molar-refractivity contribution in [3.63, 3.8) is 0 Å². The van der Waals surface area contributed by atoms with Crippen molar-refractivity contribution >= 4 is 29.8 Å². The van der Waals surface area contributed by atoms with Crippen molar-refractivity contribution in [1.82, 2.24) is 20.9 Å². The van der Waals surface area contributed by atoms with E-state index >= 15 is 0 Å². The van der Waals surface area contributed by atoms with Crippen LogP contribution in [0.2, 0.25) is 0 Å². The van der Waals surface area contributed by atoms with Gasteiger partial charge in [0.2, 0.25) is 17.7 Å². The van der Waals surface area contributed by atoms with Crippen LogP contribution in [0.3, 0.4) is 0 Å². The molecule has 3 N–H and O–H groups in total. The van der Waals surface area contributed by atoms with Gasteiger partial charge >= 0.3 is 12.1 Å². The Labute approximate surface area is 303 Å². The first kappa shape index (κ1) is 42.6. The fraction of sp³-hybridized carbons (Fsp3) is 0.564. The highest BCUT2D eigenvalue weighted by atomic mass is 16.6. The molecule has 0 bridgehead atoms. The van der Waals surface area contributed by atoms with Gasteiger partial charge in [-0.25, -0.2) is 4.79 Å². The predicted octanol–water partition coefficient (Wildman–Crippen LogP) is 5.38. The number of amides is 4. The fourth-order valence-electron chi connectivity index (χ4n) is 4.97. The molecule has 0 aromatic heterocycles. The van der Waals surface area contributed by atoms with Gasteiger partial charge in [-0.1, -0.05) is 36.4 Å². The van der Waals surface area contributed by atoms with Gasteiger partial charge in [0.05, 0.1) is 6.61 Å². The van der Waals surface area contributed by atoms with Crippen molar-refractivity contribution in [3.8, 4) is 5.75 Å². The van der Waals surface area contributed by atoms with Crippen molar-refractivity contribution in [2.24, 2.45) is 0 Å². The summed E-state index contributed by atoms with van der Waals surface area (Å²) in [5.41, 5.74) is 1.58. The quantitative estimate of drug-likeness (QED) is 0.138. The lowest BCUT2D eigenvalue weighted by atomic mass is 10.0. The van der Waals surface area contributed by atoms with Crippen molar-refractivity contribution in [2.75, 3.05) is 20.2 Å². The van der Waals surface area contributed by atoms with Crippen LogP contribution in [-0.4, -0.2) is 78.2 Å². The Kier molecular flexibility index (Phi) is 16.9. The summed E-state index contributed by atoms with van der Waals surface area (Å²) in [5, 5.41) is 8.38. The molecule has 0 heterocycles. The number of benzene rings is 2. The first-order chi connectivity index (χ1) is 23.8. The molecule has 0 spiro atoms. The van der Waals surface area contributed by atoms with E-state index in [1.807, 2.05) is 76.2 Å². The van der Waals surface area contributed by atoms with Gasteiger partial charge in [0.25, 0.3) is 0 Å². The standard InChI is InChI=1S/C39H58N4O8/c1-27-17-19-31(49-24-14-13-23-43(9)37(48)51-39(6,7)8)25-30(27)26-40-35(46)32(20-18-29-15-11-10-12-16-29)42-36(47)33(41-28(2)44)21-22-34(45)50-38(3,4)5/h10-12,15-17,19,25,32-33H,13-14,18,20-24,26H2,1-9H3,(H,40,46)(H,41,44)(H,42,47)/t32-,33-/m0/s1. The maximum atomic E-state index is 13.6. The zero-order valence-electron chi connectivity index (χ0n) is 31.9. The SMILES string of the molecule is CC(=O)N[C@@H](CCC(=O)OC(C)(C)C)C(=O)N[C@@H](CCc1ccccc1)C(=O)NCc1cc(OCCCCN(C)C(=O)OC(C)(C)C)ccc1C. The summed E-state index contributed by atoms with van der Waals surface area (Å²) in [6.07, 6.45) is 1.87. The normalized spacial score (nSPS) is 12.6. The summed E-state index contributed by atoms with van der Waals surface area (Å²) in [5.74, 6) is -1.21. The van der Waals surface area contributed by atoms with Crippen LogP contribution in [0.15, 0.2) is 48.5 Å². The molecule has 12 nitrogen and oxygen atoms in total. The highest BCUT2D eigenvalue weighted by molar-refractivity contribution is 5.92. The Bertz CT molecular complexity index is 1450. The lowest BCUT2D eigenvalue weighted by Gasteiger charge is -2.24. The Hall–Kier alpha value is -4.61. The first-order valence-electron chi connectivity index (χ1n) is 17.6. The van der Waals surface area contributed by atoms with Gasteiger partial charge in [-0.15, -0.1) is 0 Å². The number of aryl methyl sites for hydroxylation is 2. The van der Waals surface area contributed by atoms with E-state index in [1.54, 1.807) is 32.7 Å². The van der Waals surface area contributed by atoms with E-state index < -0.39 is 41.1 Å². The summed E-state index contributed by atoms with van der Waals surface area (Å²) in [7, 11) is 1.71. The van der Waals surface area contributed by atoms with Crippen LogP contribution in [0.25, 0.3) is 0 Å². The molecule has 0 radical (unpaired) electrons. The first-order valence-corrected chi connectivity index (χ1v) is 17.6. The Morgan fingerprint density at radius 3 is 2.08 bits per heavy atom. The van der Waals surface area contributed by atoms with Crippen molar-refractivity contribution in [2.45, 2.75) is 124 Å². The lowest BCUT2D eigenvalue weighted by Crippen LogP contribution is -2.53. The topological polar surface area (TPSA) is 152 Å². The minimum atomic E-state index is -1.03. The van der Waals surface area contributed by atoms with Crippen molar-refractivity contribution < 1.29 is 38.2 Å². The third kappa shape index (κ3) is 17.7. The molecule has 0 saturated carbocycles. The van der Waals surface area contributed by atoms with Gasteiger partial charge in [-0.3, -0.25) is 19.2 Å². The zero-order valence-corrected chi connectivity index (χ0v) is 31.9. The Morgan fingerprint density at radius 2 is 1.45 bits per heavy atom. The molecule has 4 amide bonds. The molecule has 51 heavy (non-hydrogen) atoms. The summed E-state index contributed by atoms with van der Waals surface area (Å²) in [4.78, 5) is 65.1. The summed E-state index contributed by atoms with van der Waals surface area (Å²) >= 11 is 0. The molecule has 0 aliphatic carbocycles. The molecule has 0 unspecified atom stereocenters. The Balaban J connectivity index is 2.04. The van der Waals surface area contributed by atoms with Gasteiger partial charge in [-0.2, -0.15) is 0 Å². The highest BCUT2D eigenvalue weighted by Crippen LogP contribution is 2.19. The number of esters is 1. The number of hydrogen-bond donors (Lipinski definition) is 3. The van der Waals surface area contributed by atoms with Crippen molar-refractivity contribution in [3.05, 3.63) is 65.2 Å². The molecule has 0 fully saturated rings. The predicted molar refractivity (Wildman–Crippen MR) is 196 cm³/mol. The number of carbonyl (C=O) groups is 5. The lowest BCUT2D eigenvalue weighted by molar-refractivity contribution is -0.155. The van der Waals surface area contributed by atoms with Crippen LogP contribution in [0, 0.1) is 6.92 Å². The van der Waals surface area contributed by atoms with Gasteiger partial charge in [0.1, 0.15) is 29.0 Å². The molecular formula is C39H58N4O8. The monoisotopic (exact) mass is 710 g/mol. The molecule has 0 aliphatic heterocycles. The average Bonchev–Trinajstić information content (AvgIpc) is 3.03. The number of hydrogen-bond acceptors (Lipinski definition) is 8. The summed E-state index contributed by atoms with van der Waals surface area (Å²) in [6, 6.07) is 13.4. The fourth-order valence-corrected chi connectivity index (χ4v) is 4.97. The van der Waals surface area contributed by atoms with E-state index in [0.29, 0.717) is 31.7 Å². The van der Waals surface area contributed by atoms with E-state index in [0.717, 1.165) is 29.5 Å². The highest BCUT2D eigenvalue weighted by Gasteiger charge is 2.28. The molecule has 2 atom stereocenters. The molecular weight excluding hydrogens is 652 g/mol. The van der Waals surface area contributed by atoms with Crippen LogP contribution in [-0.2, 0) is 41.6 Å². The largest absolute Gasteiger partial charge is 0.494 e. The van der Waals surface area contributed by atoms with Crippen LogP contribution in [0.4, 0.5) is 4.79 Å². The number of unbranched alkanes of at least 4 members (excludes halogenated alkanes) is 1. The third-order valence-electron chi connectivity index (χ3n) is 7.58. The number of nitrogens with one attached hydrogen (secondary N) is 3. The molecule has 0 saturated heterocycles. The minimum Gasteiger partial charge on any atom is -0.494 e. The molecule has 2 aromatic rings. The summed E-state index contributed by atoms with van der Waals surface area (Å²) in [6.45, 7) is 15.2. The van der Waals surface area contributed by atoms with Gasteiger partial charge < -0.3 is 35.1 Å². The zero-order chi connectivity index (χ0) is 38.2. The number of rotatable bonds is 18. The average molecular weight is 711 g/mol. The van der Waals surface area contributed by atoms with E-state index in [1.165, 1.54) is 6.92 Å². The van der Waals surface area contributed by atoms with Crippen LogP contribution < -0.4 is 20.7 Å². The number of carbonyl (C=O) groups excluding carboxylic acids is 5. The number of nitrogens with zero attached hydrogens (tertiary/aromatic N) is 1. The third-order valence-corrected chi connectivity index (χ3v) is 7.58. The van der Waals surface area contributed by atoms with E-state index in [4.69, 9.17) is 14.2 Å². The summed E-state index contributed by atoms with van der Waals surface area (Å²) < 4.78 is 16.7. The maximum absolute atomic E-state index is 13.6. The van der Waals surface area contributed by atoms with Crippen LogP contribution in [0.5, 0.6) is 5.75 Å². The van der Waals surface area contributed by atoms with Crippen molar-refractivity contribution in [1.29, 1.82) is 0 Å². The molecule has 282 valence electrons. The second-order valence-corrected chi connectivity index (χ2v) is 14.7. The van der Waals surface area contributed by atoms with Crippen LogP contribution in [0.1, 0.15) is 97.3 Å². The van der Waals surface area contributed by atoms with Gasteiger partial charge in [-0.05, 0) is 109 Å². The smallest absolute Gasteiger partial charge is 0.410 e.